The van der Waals surface area contributed by atoms with Crippen LogP contribution >= 0.6 is 23.2 Å². The van der Waals surface area contributed by atoms with Gasteiger partial charge in [0.15, 0.2) is 0 Å². The van der Waals surface area contributed by atoms with Crippen LogP contribution in [0, 0.1) is 0 Å². The zero-order chi connectivity index (χ0) is 24.8. The molecule has 0 unspecified atom stereocenters. The van der Waals surface area contributed by atoms with Gasteiger partial charge in [0.2, 0.25) is 21.8 Å². The van der Waals surface area contributed by atoms with Gasteiger partial charge in [0, 0.05) is 22.6 Å². The Morgan fingerprint density at radius 1 is 1.03 bits per heavy atom. The van der Waals surface area contributed by atoms with E-state index in [9.17, 15) is 18.0 Å². The van der Waals surface area contributed by atoms with Gasteiger partial charge in [-0.15, -0.1) is 0 Å². The molecule has 1 N–H and O–H groups in total. The Morgan fingerprint density at radius 2 is 1.61 bits per heavy atom. The number of amides is 2. The Morgan fingerprint density at radius 3 is 2.09 bits per heavy atom. The SMILES string of the molecule is CC[C@H](C(=O)NC(C)C)N(Cc1ccccc1)C(=O)CN(c1cc(Cl)cc(Cl)c1)S(C)(=O)=O. The van der Waals surface area contributed by atoms with Gasteiger partial charge in [0.1, 0.15) is 12.6 Å². The molecule has 0 aliphatic heterocycles. The molecular weight excluding hydrogens is 485 g/mol. The van der Waals surface area contributed by atoms with Gasteiger partial charge in [-0.05, 0) is 44.0 Å². The van der Waals surface area contributed by atoms with Crippen molar-refractivity contribution < 1.29 is 18.0 Å². The highest BCUT2D eigenvalue weighted by Gasteiger charge is 2.32. The largest absolute Gasteiger partial charge is 0.352 e. The third-order valence-corrected chi connectivity index (χ3v) is 6.40. The normalized spacial score (nSPS) is 12.3. The quantitative estimate of drug-likeness (QED) is 0.518. The van der Waals surface area contributed by atoms with Crippen LogP contribution in [0.3, 0.4) is 0 Å². The molecule has 10 heteroatoms. The van der Waals surface area contributed by atoms with Gasteiger partial charge in [-0.3, -0.25) is 13.9 Å². The minimum Gasteiger partial charge on any atom is -0.352 e. The second kappa shape index (κ2) is 11.7. The van der Waals surface area contributed by atoms with E-state index in [1.807, 2.05) is 44.2 Å². The first-order valence-corrected chi connectivity index (χ1v) is 13.1. The molecule has 0 spiro atoms. The monoisotopic (exact) mass is 513 g/mol. The highest BCUT2D eigenvalue weighted by atomic mass is 35.5. The lowest BCUT2D eigenvalue weighted by Crippen LogP contribution is -2.53. The average Bonchev–Trinajstić information content (AvgIpc) is 2.70. The molecule has 33 heavy (non-hydrogen) atoms. The first-order chi connectivity index (χ1) is 15.4. The van der Waals surface area contributed by atoms with Crippen LogP contribution in [0.5, 0.6) is 0 Å². The number of anilines is 1. The van der Waals surface area contributed by atoms with E-state index in [1.54, 1.807) is 6.92 Å². The van der Waals surface area contributed by atoms with Crippen LogP contribution in [0.15, 0.2) is 48.5 Å². The van der Waals surface area contributed by atoms with E-state index in [-0.39, 0.29) is 34.2 Å². The maximum absolute atomic E-state index is 13.5. The van der Waals surface area contributed by atoms with Gasteiger partial charge in [-0.2, -0.15) is 0 Å². The van der Waals surface area contributed by atoms with E-state index in [4.69, 9.17) is 23.2 Å². The van der Waals surface area contributed by atoms with Crippen LogP contribution in [0.1, 0.15) is 32.8 Å². The number of carbonyl (C=O) groups excluding carboxylic acids is 2. The predicted molar refractivity (Wildman–Crippen MR) is 133 cm³/mol. The molecule has 0 aromatic heterocycles. The summed E-state index contributed by atoms with van der Waals surface area (Å²) in [7, 11) is -3.86. The topological polar surface area (TPSA) is 86.8 Å². The van der Waals surface area contributed by atoms with E-state index in [0.29, 0.717) is 6.42 Å². The molecule has 0 heterocycles. The lowest BCUT2D eigenvalue weighted by atomic mass is 10.1. The number of nitrogens with zero attached hydrogens (tertiary/aromatic N) is 2. The molecule has 0 fully saturated rings. The van der Waals surface area contributed by atoms with Crippen molar-refractivity contribution in [3.05, 3.63) is 64.1 Å². The van der Waals surface area contributed by atoms with Gasteiger partial charge < -0.3 is 10.2 Å². The van der Waals surface area contributed by atoms with E-state index >= 15 is 0 Å². The van der Waals surface area contributed by atoms with Crippen molar-refractivity contribution in [3.63, 3.8) is 0 Å². The van der Waals surface area contributed by atoms with Crippen molar-refractivity contribution >= 4 is 50.7 Å². The smallest absolute Gasteiger partial charge is 0.244 e. The number of sulfonamides is 1. The fourth-order valence-corrected chi connectivity index (χ4v) is 4.73. The molecule has 180 valence electrons. The van der Waals surface area contributed by atoms with E-state index in [1.165, 1.54) is 23.1 Å². The summed E-state index contributed by atoms with van der Waals surface area (Å²) >= 11 is 12.1. The molecule has 2 aromatic rings. The van der Waals surface area contributed by atoms with Crippen molar-refractivity contribution in [1.82, 2.24) is 10.2 Å². The fraction of sp³-hybridized carbons (Fsp3) is 0.391. The zero-order valence-corrected chi connectivity index (χ0v) is 21.4. The summed E-state index contributed by atoms with van der Waals surface area (Å²) in [5.41, 5.74) is 0.987. The maximum atomic E-state index is 13.5. The average molecular weight is 514 g/mol. The minimum absolute atomic E-state index is 0.110. The van der Waals surface area contributed by atoms with E-state index in [0.717, 1.165) is 16.1 Å². The fourth-order valence-electron chi connectivity index (χ4n) is 3.38. The molecule has 0 aliphatic carbocycles. The third kappa shape index (κ3) is 7.91. The molecule has 0 aliphatic rings. The summed E-state index contributed by atoms with van der Waals surface area (Å²) in [4.78, 5) is 27.8. The standard InChI is InChI=1S/C23H29Cl2N3O4S/c1-5-21(23(30)26-16(2)3)27(14-17-9-7-6-8-10-17)22(29)15-28(33(4,31)32)20-12-18(24)11-19(25)13-20/h6-13,16,21H,5,14-15H2,1-4H3,(H,26,30)/t21-/m1/s1. The summed E-state index contributed by atoms with van der Waals surface area (Å²) in [6.07, 6.45) is 1.36. The summed E-state index contributed by atoms with van der Waals surface area (Å²) in [5, 5.41) is 3.32. The van der Waals surface area contributed by atoms with Crippen molar-refractivity contribution in [2.75, 3.05) is 17.1 Å². The molecule has 0 saturated heterocycles. The third-order valence-electron chi connectivity index (χ3n) is 4.83. The molecular formula is C23H29Cl2N3O4S. The molecule has 2 rings (SSSR count). The van der Waals surface area contributed by atoms with Gasteiger partial charge in [0.25, 0.3) is 0 Å². The number of rotatable bonds is 10. The number of benzene rings is 2. The Kier molecular flexibility index (Phi) is 9.57. The number of hydrogen-bond acceptors (Lipinski definition) is 4. The van der Waals surface area contributed by atoms with Crippen LogP contribution in [-0.4, -0.2) is 50.0 Å². The highest BCUT2D eigenvalue weighted by molar-refractivity contribution is 7.92. The van der Waals surface area contributed by atoms with Crippen molar-refractivity contribution in [1.29, 1.82) is 0 Å². The number of nitrogens with one attached hydrogen (secondary N) is 1. The Bertz CT molecular complexity index is 1060. The molecule has 0 radical (unpaired) electrons. The first kappa shape index (κ1) is 27.0. The molecule has 0 bridgehead atoms. The van der Waals surface area contributed by atoms with Crippen molar-refractivity contribution in [2.45, 2.75) is 45.8 Å². The molecule has 2 aromatic carbocycles. The van der Waals surface area contributed by atoms with Crippen molar-refractivity contribution in [3.8, 4) is 0 Å². The predicted octanol–water partition coefficient (Wildman–Crippen LogP) is 4.09. The Balaban J connectivity index is 2.45. The van der Waals surface area contributed by atoms with Crippen molar-refractivity contribution in [2.24, 2.45) is 0 Å². The maximum Gasteiger partial charge on any atom is 0.244 e. The second-order valence-electron chi connectivity index (χ2n) is 7.99. The summed E-state index contributed by atoms with van der Waals surface area (Å²) in [6.45, 7) is 5.12. The number of halogens is 2. The minimum atomic E-state index is -3.86. The lowest BCUT2D eigenvalue weighted by Gasteiger charge is -2.33. The van der Waals surface area contributed by atoms with E-state index in [2.05, 4.69) is 5.32 Å². The Labute approximate surface area is 205 Å². The summed E-state index contributed by atoms with van der Waals surface area (Å²) < 4.78 is 26.1. The van der Waals surface area contributed by atoms with Gasteiger partial charge in [-0.25, -0.2) is 8.42 Å². The lowest BCUT2D eigenvalue weighted by molar-refractivity contribution is -0.140. The summed E-state index contributed by atoms with van der Waals surface area (Å²) in [6, 6.07) is 12.7. The Hall–Kier alpha value is -2.29. The van der Waals surface area contributed by atoms with E-state index < -0.39 is 28.5 Å². The van der Waals surface area contributed by atoms with Crippen LogP contribution in [-0.2, 0) is 26.2 Å². The van der Waals surface area contributed by atoms with Crippen LogP contribution in [0.4, 0.5) is 5.69 Å². The van der Waals surface area contributed by atoms with Crippen LogP contribution in [0.25, 0.3) is 0 Å². The van der Waals surface area contributed by atoms with Crippen LogP contribution < -0.4 is 9.62 Å². The molecule has 2 amide bonds. The molecule has 1 atom stereocenters. The van der Waals surface area contributed by atoms with Gasteiger partial charge in [0.05, 0.1) is 11.9 Å². The second-order valence-corrected chi connectivity index (χ2v) is 10.8. The number of carbonyl (C=O) groups is 2. The zero-order valence-electron chi connectivity index (χ0n) is 19.1. The summed E-state index contributed by atoms with van der Waals surface area (Å²) in [5.74, 6) is -0.820. The highest BCUT2D eigenvalue weighted by Crippen LogP contribution is 2.27. The molecule has 0 saturated carbocycles. The molecule has 7 nitrogen and oxygen atoms in total. The number of hydrogen-bond donors (Lipinski definition) is 1. The van der Waals surface area contributed by atoms with Crippen LogP contribution in [0.2, 0.25) is 10.0 Å². The first-order valence-electron chi connectivity index (χ1n) is 10.5. The van der Waals surface area contributed by atoms with Gasteiger partial charge in [-0.1, -0.05) is 60.5 Å². The van der Waals surface area contributed by atoms with Gasteiger partial charge >= 0.3 is 0 Å².